The summed E-state index contributed by atoms with van der Waals surface area (Å²) >= 11 is 1.40. The summed E-state index contributed by atoms with van der Waals surface area (Å²) in [5, 5.41) is 3.02. The lowest BCUT2D eigenvalue weighted by Crippen LogP contribution is -2.49. The molecule has 1 heterocycles. The highest BCUT2D eigenvalue weighted by Gasteiger charge is 2.22. The van der Waals surface area contributed by atoms with Gasteiger partial charge in [-0.3, -0.25) is 14.5 Å². The van der Waals surface area contributed by atoms with Gasteiger partial charge in [0.25, 0.3) is 0 Å². The molecule has 6 nitrogen and oxygen atoms in total. The zero-order valence-corrected chi connectivity index (χ0v) is 14.5. The van der Waals surface area contributed by atoms with Crippen LogP contribution >= 0.6 is 11.8 Å². The van der Waals surface area contributed by atoms with E-state index in [1.807, 2.05) is 0 Å². The van der Waals surface area contributed by atoms with Gasteiger partial charge in [0.1, 0.15) is 0 Å². The van der Waals surface area contributed by atoms with Crippen LogP contribution in [0.15, 0.2) is 0 Å². The lowest BCUT2D eigenvalue weighted by molar-refractivity contribution is -0.121. The molecule has 0 radical (unpaired) electrons. The van der Waals surface area contributed by atoms with Crippen molar-refractivity contribution in [2.24, 2.45) is 11.7 Å². The molecule has 0 aromatic heterocycles. The van der Waals surface area contributed by atoms with Crippen LogP contribution in [0.3, 0.4) is 0 Å². The second kappa shape index (κ2) is 10.9. The smallest absolute Gasteiger partial charge is 0.227 e. The van der Waals surface area contributed by atoms with E-state index in [4.69, 9.17) is 10.5 Å². The summed E-state index contributed by atoms with van der Waals surface area (Å²) in [6, 6.07) is 0.367. The number of carbonyl (C=O) groups is 2. The fraction of sp³-hybridized carbons (Fsp3) is 0.867. The summed E-state index contributed by atoms with van der Waals surface area (Å²) in [7, 11) is 0. The Kier molecular flexibility index (Phi) is 9.50. The molecule has 0 aliphatic carbocycles. The summed E-state index contributed by atoms with van der Waals surface area (Å²) in [5.41, 5.74) is 5.06. The number of amides is 2. The summed E-state index contributed by atoms with van der Waals surface area (Å²) < 4.78 is 5.40. The Morgan fingerprint density at radius 3 is 2.59 bits per heavy atom. The maximum absolute atomic E-state index is 11.9. The van der Waals surface area contributed by atoms with E-state index in [1.54, 1.807) is 0 Å². The zero-order valence-electron chi connectivity index (χ0n) is 13.7. The van der Waals surface area contributed by atoms with Gasteiger partial charge < -0.3 is 15.8 Å². The number of nitrogens with one attached hydrogen (secondary N) is 1. The van der Waals surface area contributed by atoms with Crippen molar-refractivity contribution in [2.75, 3.05) is 44.4 Å². The Hall–Kier alpha value is -0.790. The van der Waals surface area contributed by atoms with Gasteiger partial charge in [0.15, 0.2) is 0 Å². The van der Waals surface area contributed by atoms with Crippen LogP contribution in [0, 0.1) is 5.92 Å². The fourth-order valence-corrected chi connectivity index (χ4v) is 3.18. The van der Waals surface area contributed by atoms with E-state index < -0.39 is 0 Å². The zero-order chi connectivity index (χ0) is 16.4. The third kappa shape index (κ3) is 8.60. The van der Waals surface area contributed by atoms with Crippen LogP contribution < -0.4 is 11.1 Å². The van der Waals surface area contributed by atoms with Crippen molar-refractivity contribution in [1.82, 2.24) is 10.2 Å². The topological polar surface area (TPSA) is 84.7 Å². The van der Waals surface area contributed by atoms with Crippen LogP contribution in [-0.2, 0) is 14.3 Å². The molecule has 2 amide bonds. The predicted octanol–water partition coefficient (Wildman–Crippen LogP) is 0.458. The Labute approximate surface area is 137 Å². The molecule has 0 bridgehead atoms. The molecule has 0 spiro atoms. The third-order valence-corrected chi connectivity index (χ3v) is 4.54. The normalized spacial score (nSPS) is 17.4. The van der Waals surface area contributed by atoms with E-state index in [9.17, 15) is 9.59 Å². The van der Waals surface area contributed by atoms with Gasteiger partial charge in [0.05, 0.1) is 19.0 Å². The average Bonchev–Trinajstić information content (AvgIpc) is 2.48. The maximum Gasteiger partial charge on any atom is 0.227 e. The second-order valence-corrected chi connectivity index (χ2v) is 7.11. The number of thioether (sulfide) groups is 1. The summed E-state index contributed by atoms with van der Waals surface area (Å²) in [5.74, 6) is 1.20. The number of rotatable bonds is 10. The van der Waals surface area contributed by atoms with Crippen LogP contribution in [-0.4, -0.2) is 67.1 Å². The third-order valence-electron chi connectivity index (χ3n) is 3.56. The Bertz CT molecular complexity index is 347. The first-order chi connectivity index (χ1) is 10.5. The van der Waals surface area contributed by atoms with Crippen molar-refractivity contribution in [3.8, 4) is 0 Å². The highest BCUT2D eigenvalue weighted by Crippen LogP contribution is 2.13. The minimum absolute atomic E-state index is 0.0407. The van der Waals surface area contributed by atoms with Crippen molar-refractivity contribution in [1.29, 1.82) is 0 Å². The van der Waals surface area contributed by atoms with Crippen LogP contribution in [0.4, 0.5) is 0 Å². The van der Waals surface area contributed by atoms with E-state index in [2.05, 4.69) is 24.1 Å². The monoisotopic (exact) mass is 331 g/mol. The molecule has 3 N–H and O–H groups in total. The van der Waals surface area contributed by atoms with E-state index in [0.29, 0.717) is 30.7 Å². The number of primary amides is 1. The van der Waals surface area contributed by atoms with Gasteiger partial charge in [-0.05, 0) is 12.3 Å². The van der Waals surface area contributed by atoms with Crippen LogP contribution in [0.25, 0.3) is 0 Å². The molecular formula is C15H29N3O3S. The van der Waals surface area contributed by atoms with Gasteiger partial charge >= 0.3 is 0 Å². The van der Waals surface area contributed by atoms with Gasteiger partial charge in [-0.2, -0.15) is 11.8 Å². The molecule has 1 saturated heterocycles. The van der Waals surface area contributed by atoms with Crippen LogP contribution in [0.2, 0.25) is 0 Å². The number of nitrogens with zero attached hydrogens (tertiary/aromatic N) is 1. The van der Waals surface area contributed by atoms with Crippen LogP contribution in [0.5, 0.6) is 0 Å². The SMILES string of the molecule is CC(C)CC(CNC(=O)CCSCC(N)=O)N1CCOCC1. The number of hydrogen-bond donors (Lipinski definition) is 2. The number of nitrogens with two attached hydrogens (primary N) is 1. The van der Waals surface area contributed by atoms with Crippen molar-refractivity contribution in [2.45, 2.75) is 32.7 Å². The van der Waals surface area contributed by atoms with Crippen molar-refractivity contribution in [3.63, 3.8) is 0 Å². The molecule has 1 fully saturated rings. The largest absolute Gasteiger partial charge is 0.379 e. The Morgan fingerprint density at radius 1 is 1.32 bits per heavy atom. The molecule has 1 aliphatic rings. The highest BCUT2D eigenvalue weighted by molar-refractivity contribution is 7.99. The molecule has 0 saturated carbocycles. The lowest BCUT2D eigenvalue weighted by atomic mass is 10.0. The number of carbonyl (C=O) groups excluding carboxylic acids is 2. The summed E-state index contributed by atoms with van der Waals surface area (Å²) in [6.07, 6.45) is 1.49. The molecule has 0 aromatic carbocycles. The van der Waals surface area contributed by atoms with Gasteiger partial charge in [0.2, 0.25) is 11.8 Å². The molecule has 1 rings (SSSR count). The van der Waals surface area contributed by atoms with Gasteiger partial charge in [-0.15, -0.1) is 0 Å². The molecule has 128 valence electrons. The van der Waals surface area contributed by atoms with Gasteiger partial charge in [-0.1, -0.05) is 13.8 Å². The quantitative estimate of drug-likeness (QED) is 0.568. The first kappa shape index (κ1) is 19.3. The Morgan fingerprint density at radius 2 is 2.00 bits per heavy atom. The van der Waals surface area contributed by atoms with Crippen molar-refractivity contribution in [3.05, 3.63) is 0 Å². The summed E-state index contributed by atoms with van der Waals surface area (Å²) in [6.45, 7) is 8.49. The standard InChI is InChI=1S/C15H29N3O3S/c1-12(2)9-13(18-4-6-21-7-5-18)10-17-15(20)3-8-22-11-14(16)19/h12-13H,3-11H2,1-2H3,(H2,16,19)(H,17,20). The minimum Gasteiger partial charge on any atom is -0.379 e. The second-order valence-electron chi connectivity index (χ2n) is 6.00. The van der Waals surface area contributed by atoms with E-state index >= 15 is 0 Å². The molecule has 0 aromatic rings. The number of morpholine rings is 1. The molecule has 7 heteroatoms. The molecule has 1 atom stereocenters. The number of hydrogen-bond acceptors (Lipinski definition) is 5. The first-order valence-electron chi connectivity index (χ1n) is 7.93. The van der Waals surface area contributed by atoms with E-state index in [1.165, 1.54) is 11.8 Å². The minimum atomic E-state index is -0.338. The highest BCUT2D eigenvalue weighted by atomic mass is 32.2. The predicted molar refractivity (Wildman–Crippen MR) is 89.8 cm³/mol. The molecule has 1 unspecified atom stereocenters. The van der Waals surface area contributed by atoms with E-state index in [0.717, 1.165) is 32.7 Å². The van der Waals surface area contributed by atoms with E-state index in [-0.39, 0.29) is 17.6 Å². The van der Waals surface area contributed by atoms with Crippen LogP contribution in [0.1, 0.15) is 26.7 Å². The molecule has 22 heavy (non-hydrogen) atoms. The Balaban J connectivity index is 2.29. The van der Waals surface area contributed by atoms with Crippen molar-refractivity contribution < 1.29 is 14.3 Å². The lowest BCUT2D eigenvalue weighted by Gasteiger charge is -2.35. The average molecular weight is 331 g/mol. The maximum atomic E-state index is 11.9. The molecule has 1 aliphatic heterocycles. The van der Waals surface area contributed by atoms with Gasteiger partial charge in [0, 0.05) is 37.8 Å². The fourth-order valence-electron chi connectivity index (χ4n) is 2.51. The van der Waals surface area contributed by atoms with Crippen molar-refractivity contribution >= 4 is 23.6 Å². The molecular weight excluding hydrogens is 302 g/mol. The van der Waals surface area contributed by atoms with Gasteiger partial charge in [-0.25, -0.2) is 0 Å². The first-order valence-corrected chi connectivity index (χ1v) is 9.09. The summed E-state index contributed by atoms with van der Waals surface area (Å²) in [4.78, 5) is 24.9. The number of ether oxygens (including phenoxy) is 1.